The molecule has 2 rings (SSSR count). The first-order chi connectivity index (χ1) is 11.5. The third-order valence-corrected chi connectivity index (χ3v) is 4.58. The van der Waals surface area contributed by atoms with Crippen molar-refractivity contribution >= 4 is 23.0 Å². The van der Waals surface area contributed by atoms with Gasteiger partial charge < -0.3 is 10.1 Å². The van der Waals surface area contributed by atoms with Crippen LogP contribution in [0.25, 0.3) is 0 Å². The normalized spacial score (nSPS) is 10.5. The van der Waals surface area contributed by atoms with Crippen molar-refractivity contribution in [3.05, 3.63) is 45.4 Å². The summed E-state index contributed by atoms with van der Waals surface area (Å²) in [5, 5.41) is 3.92. The summed E-state index contributed by atoms with van der Waals surface area (Å²) in [4.78, 5) is 28.6. The van der Waals surface area contributed by atoms with E-state index >= 15 is 0 Å². The second-order valence-corrected chi connectivity index (χ2v) is 6.84. The Morgan fingerprint density at radius 3 is 2.75 bits per heavy atom. The largest absolute Gasteiger partial charge is 0.494 e. The van der Waals surface area contributed by atoms with Crippen LogP contribution in [0.1, 0.15) is 45.7 Å². The predicted molar refractivity (Wildman–Crippen MR) is 94.6 cm³/mol. The van der Waals surface area contributed by atoms with Gasteiger partial charge in [-0.25, -0.2) is 4.98 Å². The molecule has 0 aliphatic rings. The highest BCUT2D eigenvalue weighted by Crippen LogP contribution is 2.17. The molecule has 1 aromatic carbocycles. The fourth-order valence-electron chi connectivity index (χ4n) is 2.23. The van der Waals surface area contributed by atoms with Crippen molar-refractivity contribution in [2.24, 2.45) is 0 Å². The lowest BCUT2D eigenvalue weighted by Gasteiger charge is -2.07. The number of hydrogen-bond donors (Lipinski definition) is 1. The van der Waals surface area contributed by atoms with Crippen LogP contribution >= 0.6 is 11.3 Å². The number of hydrogen-bond acceptors (Lipinski definition) is 5. The second-order valence-electron chi connectivity index (χ2n) is 5.55. The SMILES string of the molecule is CC(=O)c1cccc(OCCCC(=O)NCc2sc(C)nc2C)c1. The van der Waals surface area contributed by atoms with Gasteiger partial charge in [0.15, 0.2) is 5.78 Å². The molecule has 128 valence electrons. The molecule has 1 amide bonds. The van der Waals surface area contributed by atoms with E-state index in [1.807, 2.05) is 13.8 Å². The van der Waals surface area contributed by atoms with Crippen LogP contribution in [0.2, 0.25) is 0 Å². The van der Waals surface area contributed by atoms with E-state index in [1.165, 1.54) is 6.92 Å². The minimum absolute atomic E-state index is 0.00143. The van der Waals surface area contributed by atoms with Gasteiger partial charge in [-0.3, -0.25) is 9.59 Å². The van der Waals surface area contributed by atoms with Crippen molar-refractivity contribution in [1.29, 1.82) is 0 Å². The van der Waals surface area contributed by atoms with Gasteiger partial charge in [-0.15, -0.1) is 11.3 Å². The van der Waals surface area contributed by atoms with Gasteiger partial charge in [-0.1, -0.05) is 12.1 Å². The van der Waals surface area contributed by atoms with Gasteiger partial charge in [-0.05, 0) is 39.3 Å². The fraction of sp³-hybridized carbons (Fsp3) is 0.389. The van der Waals surface area contributed by atoms with Gasteiger partial charge in [0.1, 0.15) is 5.75 Å². The van der Waals surface area contributed by atoms with Crippen molar-refractivity contribution in [3.63, 3.8) is 0 Å². The van der Waals surface area contributed by atoms with E-state index in [4.69, 9.17) is 4.74 Å². The van der Waals surface area contributed by atoms with Crippen molar-refractivity contribution in [3.8, 4) is 5.75 Å². The van der Waals surface area contributed by atoms with Crippen molar-refractivity contribution in [2.45, 2.75) is 40.2 Å². The molecule has 1 aromatic heterocycles. The molecule has 1 N–H and O–H groups in total. The molecular weight excluding hydrogens is 324 g/mol. The van der Waals surface area contributed by atoms with E-state index in [2.05, 4.69) is 10.3 Å². The molecule has 24 heavy (non-hydrogen) atoms. The van der Waals surface area contributed by atoms with Crippen LogP contribution in [0, 0.1) is 13.8 Å². The highest BCUT2D eigenvalue weighted by atomic mass is 32.1. The summed E-state index contributed by atoms with van der Waals surface area (Å²) in [5.74, 6) is 0.661. The molecule has 0 saturated carbocycles. The number of ether oxygens (including phenoxy) is 1. The Balaban J connectivity index is 1.68. The molecule has 2 aromatic rings. The van der Waals surface area contributed by atoms with E-state index in [-0.39, 0.29) is 11.7 Å². The molecule has 0 aliphatic carbocycles. The Morgan fingerprint density at radius 2 is 2.08 bits per heavy atom. The van der Waals surface area contributed by atoms with Crippen LogP contribution in [-0.2, 0) is 11.3 Å². The zero-order valence-corrected chi connectivity index (χ0v) is 15.0. The lowest BCUT2D eigenvalue weighted by atomic mass is 10.1. The van der Waals surface area contributed by atoms with Crippen LogP contribution in [-0.4, -0.2) is 23.3 Å². The fourth-order valence-corrected chi connectivity index (χ4v) is 3.11. The van der Waals surface area contributed by atoms with Gasteiger partial charge in [-0.2, -0.15) is 0 Å². The van der Waals surface area contributed by atoms with Gasteiger partial charge in [0, 0.05) is 16.9 Å². The van der Waals surface area contributed by atoms with Crippen LogP contribution in [0.15, 0.2) is 24.3 Å². The molecule has 6 heteroatoms. The van der Waals surface area contributed by atoms with E-state index in [9.17, 15) is 9.59 Å². The van der Waals surface area contributed by atoms with Crippen LogP contribution in [0.3, 0.4) is 0 Å². The zero-order chi connectivity index (χ0) is 17.5. The third kappa shape index (κ3) is 5.45. The van der Waals surface area contributed by atoms with Crippen molar-refractivity contribution in [2.75, 3.05) is 6.61 Å². The number of benzene rings is 1. The van der Waals surface area contributed by atoms with E-state index in [1.54, 1.807) is 35.6 Å². The summed E-state index contributed by atoms with van der Waals surface area (Å²) < 4.78 is 5.59. The summed E-state index contributed by atoms with van der Waals surface area (Å²) in [7, 11) is 0. The smallest absolute Gasteiger partial charge is 0.220 e. The first-order valence-electron chi connectivity index (χ1n) is 7.89. The van der Waals surface area contributed by atoms with Gasteiger partial charge in [0.2, 0.25) is 5.91 Å². The number of aryl methyl sites for hydroxylation is 2. The summed E-state index contributed by atoms with van der Waals surface area (Å²) in [6.07, 6.45) is 1.03. The summed E-state index contributed by atoms with van der Waals surface area (Å²) in [6.45, 7) is 6.40. The predicted octanol–water partition coefficient (Wildman–Crippen LogP) is 3.44. The Morgan fingerprint density at radius 1 is 1.29 bits per heavy atom. The van der Waals surface area contributed by atoms with Crippen molar-refractivity contribution < 1.29 is 14.3 Å². The number of nitrogens with one attached hydrogen (secondary N) is 1. The number of carbonyl (C=O) groups excluding carboxylic acids is 2. The quantitative estimate of drug-likeness (QED) is 0.587. The number of carbonyl (C=O) groups is 2. The first-order valence-corrected chi connectivity index (χ1v) is 8.71. The lowest BCUT2D eigenvalue weighted by Crippen LogP contribution is -2.22. The number of Topliss-reactive ketones (excluding diaryl/α,β-unsaturated/α-hetero) is 1. The molecule has 0 saturated heterocycles. The van der Waals surface area contributed by atoms with Crippen molar-refractivity contribution in [1.82, 2.24) is 10.3 Å². The molecular formula is C18H22N2O3S. The van der Waals surface area contributed by atoms with Gasteiger partial charge in [0.05, 0.1) is 23.9 Å². The van der Waals surface area contributed by atoms with E-state index in [0.29, 0.717) is 37.3 Å². The standard InChI is InChI=1S/C18H22N2O3S/c1-12-17(24-14(3)20-12)11-19-18(22)8-5-9-23-16-7-4-6-15(10-16)13(2)21/h4,6-7,10H,5,8-9,11H2,1-3H3,(H,19,22). The Hall–Kier alpha value is -2.21. The molecule has 5 nitrogen and oxygen atoms in total. The highest BCUT2D eigenvalue weighted by molar-refractivity contribution is 7.11. The molecule has 0 unspecified atom stereocenters. The third-order valence-electron chi connectivity index (χ3n) is 3.50. The number of amides is 1. The second kappa shape index (κ2) is 8.59. The average Bonchev–Trinajstić information content (AvgIpc) is 2.87. The number of aromatic nitrogens is 1. The zero-order valence-electron chi connectivity index (χ0n) is 14.2. The van der Waals surface area contributed by atoms with E-state index < -0.39 is 0 Å². The molecule has 0 aliphatic heterocycles. The summed E-state index contributed by atoms with van der Waals surface area (Å²) in [6, 6.07) is 7.07. The maximum Gasteiger partial charge on any atom is 0.220 e. The molecule has 0 bridgehead atoms. The van der Waals surface area contributed by atoms with Gasteiger partial charge in [0.25, 0.3) is 0 Å². The summed E-state index contributed by atoms with van der Waals surface area (Å²) >= 11 is 1.61. The molecule has 0 spiro atoms. The number of nitrogens with zero attached hydrogens (tertiary/aromatic N) is 1. The average molecular weight is 346 g/mol. The number of thiazole rings is 1. The minimum atomic E-state index is 0.00143. The van der Waals surface area contributed by atoms with E-state index in [0.717, 1.165) is 15.6 Å². The topological polar surface area (TPSA) is 68.3 Å². The minimum Gasteiger partial charge on any atom is -0.494 e. The maximum atomic E-state index is 11.9. The van der Waals surface area contributed by atoms with Crippen LogP contribution in [0.4, 0.5) is 0 Å². The maximum absolute atomic E-state index is 11.9. The number of rotatable bonds is 8. The Kier molecular flexibility index (Phi) is 6.49. The highest BCUT2D eigenvalue weighted by Gasteiger charge is 2.07. The van der Waals surface area contributed by atoms with Gasteiger partial charge >= 0.3 is 0 Å². The van der Waals surface area contributed by atoms with Crippen LogP contribution < -0.4 is 10.1 Å². The number of ketones is 1. The Bertz CT molecular complexity index is 725. The Labute approximate surface area is 146 Å². The lowest BCUT2D eigenvalue weighted by molar-refractivity contribution is -0.121. The molecule has 0 fully saturated rings. The molecule has 1 heterocycles. The molecule has 0 radical (unpaired) electrons. The summed E-state index contributed by atoms with van der Waals surface area (Å²) in [5.41, 5.74) is 1.60. The monoisotopic (exact) mass is 346 g/mol. The van der Waals surface area contributed by atoms with Crippen LogP contribution in [0.5, 0.6) is 5.75 Å². The first kappa shape index (κ1) is 18.1. The molecule has 0 atom stereocenters.